The Labute approximate surface area is 108 Å². The van der Waals surface area contributed by atoms with Crippen LogP contribution in [-0.2, 0) is 6.54 Å². The minimum atomic E-state index is -4.48. The van der Waals surface area contributed by atoms with Gasteiger partial charge in [-0.15, -0.1) is 0 Å². The number of halogens is 3. The van der Waals surface area contributed by atoms with E-state index in [4.69, 9.17) is 5.48 Å². The Hall–Kier alpha value is -1.85. The van der Waals surface area contributed by atoms with Gasteiger partial charge in [-0.05, 0) is 23.8 Å². The topological polar surface area (TPSA) is 30.7 Å². The fourth-order valence-corrected chi connectivity index (χ4v) is 1.43. The summed E-state index contributed by atoms with van der Waals surface area (Å²) in [5.41, 5.74) is -0.192. The van der Waals surface area contributed by atoms with Gasteiger partial charge in [-0.2, -0.15) is 18.3 Å². The Morgan fingerprint density at radius 2 is 2.11 bits per heavy atom. The predicted octanol–water partition coefficient (Wildman–Crippen LogP) is 2.99. The van der Waals surface area contributed by atoms with Gasteiger partial charge in [-0.25, -0.2) is 0 Å². The first-order valence-corrected chi connectivity index (χ1v) is 5.05. The summed E-state index contributed by atoms with van der Waals surface area (Å²) >= 11 is 0. The molecule has 0 aliphatic heterocycles. The molecule has 0 spiro atoms. The van der Waals surface area contributed by atoms with Gasteiger partial charge in [0.2, 0.25) is 0 Å². The molecule has 2 heterocycles. The number of pyridine rings is 1. The van der Waals surface area contributed by atoms with Crippen molar-refractivity contribution in [3.63, 3.8) is 0 Å². The van der Waals surface area contributed by atoms with Crippen LogP contribution in [0.25, 0.3) is 0 Å². The van der Waals surface area contributed by atoms with Crippen LogP contribution in [0.2, 0.25) is 0 Å². The van der Waals surface area contributed by atoms with E-state index >= 15 is 0 Å². The van der Waals surface area contributed by atoms with E-state index in [1.807, 2.05) is 0 Å². The quantitative estimate of drug-likeness (QED) is 0.848. The highest BCUT2D eigenvalue weighted by atomic mass is 19.4. The maximum absolute atomic E-state index is 12.4. The number of hydrogen-bond acceptors (Lipinski definition) is 2. The van der Waals surface area contributed by atoms with Crippen LogP contribution in [0.4, 0.5) is 13.2 Å². The Morgan fingerprint density at radius 3 is 2.72 bits per heavy atom. The molecule has 0 fully saturated rings. The molecule has 96 valence electrons. The Bertz CT molecular complexity index is 639. The second-order valence-corrected chi connectivity index (χ2v) is 3.62. The minimum Gasteiger partial charge on any atom is -0.265 e. The highest BCUT2D eigenvalue weighted by Gasteiger charge is 2.28. The van der Waals surface area contributed by atoms with Crippen molar-refractivity contribution in [2.75, 3.05) is 0 Å². The van der Waals surface area contributed by atoms with Crippen LogP contribution >= 0.6 is 0 Å². The van der Waals surface area contributed by atoms with Crippen molar-refractivity contribution in [3.8, 4) is 0 Å². The van der Waals surface area contributed by atoms with E-state index in [0.717, 1.165) is 12.3 Å². The fourth-order valence-electron chi connectivity index (χ4n) is 1.43. The van der Waals surface area contributed by atoms with Crippen molar-refractivity contribution in [2.45, 2.75) is 25.5 Å². The second kappa shape index (κ2) is 4.80. The maximum atomic E-state index is 12.4. The Kier molecular flexibility index (Phi) is 2.21. The molecule has 0 N–H and O–H groups in total. The molecule has 18 heavy (non-hydrogen) atoms. The van der Waals surface area contributed by atoms with Crippen molar-refractivity contribution in [1.29, 1.82) is 0 Å². The summed E-state index contributed by atoms with van der Waals surface area (Å²) in [4.78, 5) is 3.75. The predicted molar refractivity (Wildman–Crippen MR) is 60.0 cm³/mol. The SMILES string of the molecule is [2H]C([2H])([2H])C([2H])(c1ccncc1)c1ccn(CC(F)(F)F)n1. The normalized spacial score (nSPS) is 19.3. The third-order valence-electron chi connectivity index (χ3n) is 2.21. The average molecular weight is 259 g/mol. The largest absolute Gasteiger partial charge is 0.408 e. The van der Waals surface area contributed by atoms with Gasteiger partial charge < -0.3 is 0 Å². The molecule has 0 aliphatic carbocycles. The molecule has 6 heteroatoms. The van der Waals surface area contributed by atoms with Crippen molar-refractivity contribution < 1.29 is 18.7 Å². The van der Waals surface area contributed by atoms with Crippen molar-refractivity contribution in [1.82, 2.24) is 14.8 Å². The summed E-state index contributed by atoms with van der Waals surface area (Å²) in [6.07, 6.45) is -0.836. The lowest BCUT2D eigenvalue weighted by Crippen LogP contribution is -2.18. The number of alkyl halides is 3. The van der Waals surface area contributed by atoms with Gasteiger partial charge in [0.05, 0.1) is 5.69 Å². The lowest BCUT2D eigenvalue weighted by atomic mass is 9.99. The average Bonchev–Trinajstić information content (AvgIpc) is 2.84. The van der Waals surface area contributed by atoms with Crippen molar-refractivity contribution >= 4 is 0 Å². The summed E-state index contributed by atoms with van der Waals surface area (Å²) < 4.78 is 68.9. The summed E-state index contributed by atoms with van der Waals surface area (Å²) in [5, 5.41) is 3.64. The molecule has 0 radical (unpaired) electrons. The van der Waals surface area contributed by atoms with Crippen LogP contribution in [0.5, 0.6) is 0 Å². The molecule has 1 atom stereocenters. The van der Waals surface area contributed by atoms with E-state index in [0.29, 0.717) is 4.68 Å². The molecule has 2 aromatic rings. The van der Waals surface area contributed by atoms with Gasteiger partial charge in [-0.3, -0.25) is 9.67 Å². The van der Waals surface area contributed by atoms with Gasteiger partial charge in [0.15, 0.2) is 0 Å². The molecule has 3 nitrogen and oxygen atoms in total. The number of aromatic nitrogens is 3. The van der Waals surface area contributed by atoms with Gasteiger partial charge in [-0.1, -0.05) is 6.85 Å². The first-order valence-electron chi connectivity index (χ1n) is 7.05. The molecule has 0 saturated heterocycles. The van der Waals surface area contributed by atoms with Crippen LogP contribution in [0, 0.1) is 0 Å². The van der Waals surface area contributed by atoms with Crippen molar-refractivity contribution in [2.24, 2.45) is 0 Å². The van der Waals surface area contributed by atoms with E-state index in [-0.39, 0.29) is 11.3 Å². The van der Waals surface area contributed by atoms with E-state index in [2.05, 4.69) is 10.1 Å². The minimum absolute atomic E-state index is 0.0831. The van der Waals surface area contributed by atoms with Gasteiger partial charge in [0.25, 0.3) is 0 Å². The molecule has 2 rings (SSSR count). The number of hydrogen-bond donors (Lipinski definition) is 0. The Morgan fingerprint density at radius 1 is 1.39 bits per heavy atom. The van der Waals surface area contributed by atoms with Crippen LogP contribution in [0.15, 0.2) is 36.8 Å². The molecule has 0 aliphatic rings. The van der Waals surface area contributed by atoms with E-state index < -0.39 is 25.5 Å². The first kappa shape index (κ1) is 8.29. The number of rotatable bonds is 3. The molecule has 0 amide bonds. The standard InChI is InChI=1S/C12H12F3N3/c1-9(10-2-5-16-6-3-10)11-4-7-18(17-11)8-12(13,14)15/h2-7,9H,8H2,1H3/i1D3,9D. The van der Waals surface area contributed by atoms with Crippen LogP contribution in [0.1, 0.15) is 29.5 Å². The van der Waals surface area contributed by atoms with E-state index in [1.165, 1.54) is 24.5 Å². The lowest BCUT2D eigenvalue weighted by molar-refractivity contribution is -0.142. The summed E-state index contributed by atoms with van der Waals surface area (Å²) in [6.45, 7) is -4.16. The van der Waals surface area contributed by atoms with Gasteiger partial charge >= 0.3 is 6.18 Å². The zero-order valence-corrected chi connectivity index (χ0v) is 9.15. The molecule has 2 aromatic heterocycles. The van der Waals surface area contributed by atoms with Crippen LogP contribution < -0.4 is 0 Å². The molecule has 0 aromatic carbocycles. The molecular weight excluding hydrogens is 243 g/mol. The lowest BCUT2D eigenvalue weighted by Gasteiger charge is -2.09. The van der Waals surface area contributed by atoms with Crippen LogP contribution in [-0.4, -0.2) is 20.9 Å². The first-order chi connectivity index (χ1) is 10.0. The zero-order valence-electron chi connectivity index (χ0n) is 13.1. The fraction of sp³-hybridized carbons (Fsp3) is 0.333. The summed E-state index contributed by atoms with van der Waals surface area (Å²) in [6, 6.07) is 3.79. The van der Waals surface area contributed by atoms with Gasteiger partial charge in [0, 0.05) is 30.0 Å². The number of nitrogens with zero attached hydrogens (tertiary/aromatic N) is 3. The monoisotopic (exact) mass is 259 g/mol. The maximum Gasteiger partial charge on any atom is 0.408 e. The molecule has 0 saturated carbocycles. The third-order valence-corrected chi connectivity index (χ3v) is 2.21. The summed E-state index contributed by atoms with van der Waals surface area (Å²) in [5.74, 6) is -2.27. The summed E-state index contributed by atoms with van der Waals surface area (Å²) in [7, 11) is 0. The third kappa shape index (κ3) is 3.09. The molecular formula is C12H12F3N3. The van der Waals surface area contributed by atoms with Gasteiger partial charge in [0.1, 0.15) is 6.54 Å². The van der Waals surface area contributed by atoms with E-state index in [1.54, 1.807) is 0 Å². The van der Waals surface area contributed by atoms with E-state index in [9.17, 15) is 13.2 Å². The highest BCUT2D eigenvalue weighted by Crippen LogP contribution is 2.23. The van der Waals surface area contributed by atoms with Crippen LogP contribution in [0.3, 0.4) is 0 Å². The zero-order chi connectivity index (χ0) is 16.6. The Balaban J connectivity index is 2.48. The van der Waals surface area contributed by atoms with Crippen molar-refractivity contribution in [3.05, 3.63) is 48.0 Å². The smallest absolute Gasteiger partial charge is 0.265 e. The molecule has 0 bridgehead atoms. The second-order valence-electron chi connectivity index (χ2n) is 3.62. The molecule has 1 unspecified atom stereocenters. The highest BCUT2D eigenvalue weighted by molar-refractivity contribution is 5.24.